The van der Waals surface area contributed by atoms with Gasteiger partial charge in [0.15, 0.2) is 0 Å². The van der Waals surface area contributed by atoms with E-state index in [0.29, 0.717) is 12.0 Å². The number of fused-ring (bicyclic) bond motifs is 1. The monoisotopic (exact) mass is 202 g/mol. The second-order valence-corrected chi connectivity index (χ2v) is 3.77. The zero-order valence-electron chi connectivity index (χ0n) is 8.79. The van der Waals surface area contributed by atoms with Gasteiger partial charge >= 0.3 is 5.97 Å². The van der Waals surface area contributed by atoms with Crippen molar-refractivity contribution in [2.45, 2.75) is 26.2 Å². The molecule has 2 nitrogen and oxygen atoms in total. The Balaban J connectivity index is 2.58. The Bertz CT molecular complexity index is 430. The Morgan fingerprint density at radius 1 is 1.33 bits per heavy atom. The first-order valence-electron chi connectivity index (χ1n) is 5.27. The molecule has 0 aromatic heterocycles. The van der Waals surface area contributed by atoms with Crippen molar-refractivity contribution in [3.8, 4) is 0 Å². The predicted molar refractivity (Wildman–Crippen MR) is 59.6 cm³/mol. The van der Waals surface area contributed by atoms with Crippen LogP contribution in [0.15, 0.2) is 29.8 Å². The molecule has 1 aliphatic carbocycles. The SMILES string of the molecule is CCC1=C(C(=O)O)CCc2ccccc21. The van der Waals surface area contributed by atoms with E-state index in [1.165, 1.54) is 5.56 Å². The van der Waals surface area contributed by atoms with Crippen molar-refractivity contribution in [3.63, 3.8) is 0 Å². The Kier molecular flexibility index (Phi) is 2.58. The highest BCUT2D eigenvalue weighted by atomic mass is 16.4. The van der Waals surface area contributed by atoms with Crippen LogP contribution in [-0.2, 0) is 11.2 Å². The minimum atomic E-state index is -0.763. The van der Waals surface area contributed by atoms with E-state index in [2.05, 4.69) is 6.07 Å². The molecule has 1 N–H and O–H groups in total. The summed E-state index contributed by atoms with van der Waals surface area (Å²) >= 11 is 0. The van der Waals surface area contributed by atoms with Crippen LogP contribution < -0.4 is 0 Å². The summed E-state index contributed by atoms with van der Waals surface area (Å²) in [7, 11) is 0. The van der Waals surface area contributed by atoms with Gasteiger partial charge in [0.25, 0.3) is 0 Å². The minimum absolute atomic E-state index is 0.594. The molecule has 0 spiro atoms. The van der Waals surface area contributed by atoms with E-state index in [1.54, 1.807) is 0 Å². The third kappa shape index (κ3) is 1.67. The number of allylic oxidation sites excluding steroid dienone is 1. The molecule has 2 heteroatoms. The van der Waals surface area contributed by atoms with Gasteiger partial charge in [0.05, 0.1) is 0 Å². The number of benzene rings is 1. The lowest BCUT2D eigenvalue weighted by atomic mass is 9.84. The Morgan fingerprint density at radius 2 is 2.07 bits per heavy atom. The number of aliphatic carboxylic acids is 1. The van der Waals surface area contributed by atoms with Crippen molar-refractivity contribution >= 4 is 11.5 Å². The maximum Gasteiger partial charge on any atom is 0.331 e. The number of carbonyl (C=O) groups is 1. The molecule has 2 rings (SSSR count). The van der Waals surface area contributed by atoms with Crippen molar-refractivity contribution in [2.75, 3.05) is 0 Å². The van der Waals surface area contributed by atoms with E-state index >= 15 is 0 Å². The van der Waals surface area contributed by atoms with Gasteiger partial charge in [-0.25, -0.2) is 4.79 Å². The van der Waals surface area contributed by atoms with Crippen LogP contribution >= 0.6 is 0 Å². The van der Waals surface area contributed by atoms with Crippen LogP contribution in [0, 0.1) is 0 Å². The van der Waals surface area contributed by atoms with Gasteiger partial charge in [-0.3, -0.25) is 0 Å². The summed E-state index contributed by atoms with van der Waals surface area (Å²) in [5.74, 6) is -0.763. The summed E-state index contributed by atoms with van der Waals surface area (Å²) < 4.78 is 0. The van der Waals surface area contributed by atoms with Crippen molar-refractivity contribution in [3.05, 3.63) is 41.0 Å². The number of hydrogen-bond donors (Lipinski definition) is 1. The highest BCUT2D eigenvalue weighted by Gasteiger charge is 2.21. The quantitative estimate of drug-likeness (QED) is 0.800. The van der Waals surface area contributed by atoms with Crippen LogP contribution in [0.25, 0.3) is 5.57 Å². The standard InChI is InChI=1S/C13H14O2/c1-2-10-11-6-4-3-5-9(11)7-8-12(10)13(14)15/h3-6H,2,7-8H2,1H3,(H,14,15). The van der Waals surface area contributed by atoms with Gasteiger partial charge < -0.3 is 5.11 Å². The van der Waals surface area contributed by atoms with E-state index in [0.717, 1.165) is 24.0 Å². The summed E-state index contributed by atoms with van der Waals surface area (Å²) in [4.78, 5) is 11.1. The first-order valence-corrected chi connectivity index (χ1v) is 5.27. The summed E-state index contributed by atoms with van der Waals surface area (Å²) in [6.45, 7) is 2.01. The van der Waals surface area contributed by atoms with E-state index < -0.39 is 5.97 Å². The summed E-state index contributed by atoms with van der Waals surface area (Å²) in [5, 5.41) is 9.11. The van der Waals surface area contributed by atoms with Gasteiger partial charge in [0.2, 0.25) is 0 Å². The van der Waals surface area contributed by atoms with E-state index in [4.69, 9.17) is 5.11 Å². The fourth-order valence-corrected chi connectivity index (χ4v) is 2.25. The second kappa shape index (κ2) is 3.89. The summed E-state index contributed by atoms with van der Waals surface area (Å²) in [6.07, 6.45) is 2.30. The summed E-state index contributed by atoms with van der Waals surface area (Å²) in [5.41, 5.74) is 4.00. The Hall–Kier alpha value is -1.57. The van der Waals surface area contributed by atoms with Crippen molar-refractivity contribution in [1.82, 2.24) is 0 Å². The number of carboxylic acid groups (broad SMARTS) is 1. The molecule has 78 valence electrons. The lowest BCUT2D eigenvalue weighted by Crippen LogP contribution is -2.11. The molecule has 0 radical (unpaired) electrons. The second-order valence-electron chi connectivity index (χ2n) is 3.77. The molecule has 0 saturated carbocycles. The third-order valence-electron chi connectivity index (χ3n) is 2.96. The lowest BCUT2D eigenvalue weighted by Gasteiger charge is -2.20. The highest BCUT2D eigenvalue weighted by molar-refractivity contribution is 5.97. The molecule has 1 aromatic rings. The fraction of sp³-hybridized carbons (Fsp3) is 0.308. The molecule has 1 aliphatic rings. The third-order valence-corrected chi connectivity index (χ3v) is 2.96. The van der Waals surface area contributed by atoms with E-state index in [-0.39, 0.29) is 0 Å². The molecule has 0 bridgehead atoms. The predicted octanol–water partition coefficient (Wildman–Crippen LogP) is 2.88. The van der Waals surface area contributed by atoms with Crippen LogP contribution in [0.2, 0.25) is 0 Å². The molecule has 0 aliphatic heterocycles. The normalized spacial score (nSPS) is 15.0. The average molecular weight is 202 g/mol. The first-order chi connectivity index (χ1) is 7.24. The van der Waals surface area contributed by atoms with Gasteiger partial charge in [0, 0.05) is 5.57 Å². The molecule has 1 aromatic carbocycles. The minimum Gasteiger partial charge on any atom is -0.478 e. The molecule has 0 amide bonds. The smallest absolute Gasteiger partial charge is 0.331 e. The average Bonchev–Trinajstić information content (AvgIpc) is 2.27. The molecular weight excluding hydrogens is 188 g/mol. The highest BCUT2D eigenvalue weighted by Crippen LogP contribution is 2.33. The van der Waals surface area contributed by atoms with E-state index in [9.17, 15) is 4.79 Å². The van der Waals surface area contributed by atoms with Crippen molar-refractivity contribution in [1.29, 1.82) is 0 Å². The first kappa shape index (κ1) is 9.97. The van der Waals surface area contributed by atoms with Crippen LogP contribution in [-0.4, -0.2) is 11.1 Å². The largest absolute Gasteiger partial charge is 0.478 e. The van der Waals surface area contributed by atoms with Gasteiger partial charge in [0.1, 0.15) is 0 Å². The molecule has 0 unspecified atom stereocenters. The summed E-state index contributed by atoms with van der Waals surface area (Å²) in [6, 6.07) is 8.09. The maximum atomic E-state index is 11.1. The van der Waals surface area contributed by atoms with Crippen LogP contribution in [0.4, 0.5) is 0 Å². The molecule has 0 saturated heterocycles. The van der Waals surface area contributed by atoms with Crippen molar-refractivity contribution in [2.24, 2.45) is 0 Å². The molecular formula is C13H14O2. The lowest BCUT2D eigenvalue weighted by molar-refractivity contribution is -0.132. The number of hydrogen-bond acceptors (Lipinski definition) is 1. The van der Waals surface area contributed by atoms with Crippen molar-refractivity contribution < 1.29 is 9.90 Å². The number of rotatable bonds is 2. The number of aryl methyl sites for hydroxylation is 1. The molecule has 0 fully saturated rings. The van der Waals surface area contributed by atoms with Gasteiger partial charge in [-0.05, 0) is 36.0 Å². The number of carboxylic acids is 1. The van der Waals surface area contributed by atoms with Gasteiger partial charge in [-0.15, -0.1) is 0 Å². The maximum absolute atomic E-state index is 11.1. The van der Waals surface area contributed by atoms with Gasteiger partial charge in [-0.1, -0.05) is 31.2 Å². The fourth-order valence-electron chi connectivity index (χ4n) is 2.25. The Labute approximate surface area is 89.2 Å². The Morgan fingerprint density at radius 3 is 2.73 bits per heavy atom. The zero-order chi connectivity index (χ0) is 10.8. The topological polar surface area (TPSA) is 37.3 Å². The molecule has 0 atom stereocenters. The zero-order valence-corrected chi connectivity index (χ0v) is 8.79. The molecule has 0 heterocycles. The van der Waals surface area contributed by atoms with Gasteiger partial charge in [-0.2, -0.15) is 0 Å². The van der Waals surface area contributed by atoms with Crippen LogP contribution in [0.3, 0.4) is 0 Å². The molecule has 15 heavy (non-hydrogen) atoms. The van der Waals surface area contributed by atoms with Crippen LogP contribution in [0.1, 0.15) is 30.9 Å². The van der Waals surface area contributed by atoms with E-state index in [1.807, 2.05) is 25.1 Å². The van der Waals surface area contributed by atoms with Crippen LogP contribution in [0.5, 0.6) is 0 Å².